The Hall–Kier alpha value is -2.14. The smallest absolute Gasteiger partial charge is 0.255 e. The van der Waals surface area contributed by atoms with Crippen LogP contribution in [0.5, 0.6) is 0 Å². The molecule has 0 saturated heterocycles. The van der Waals surface area contributed by atoms with Gasteiger partial charge in [0.05, 0.1) is 4.90 Å². The third-order valence-electron chi connectivity index (χ3n) is 3.89. The van der Waals surface area contributed by atoms with E-state index in [4.69, 9.17) is 0 Å². The van der Waals surface area contributed by atoms with E-state index in [9.17, 15) is 13.2 Å². The van der Waals surface area contributed by atoms with Gasteiger partial charge in [0.1, 0.15) is 0 Å². The maximum absolute atomic E-state index is 12.2. The van der Waals surface area contributed by atoms with Crippen LogP contribution in [0.15, 0.2) is 53.4 Å². The van der Waals surface area contributed by atoms with Gasteiger partial charge in [0.25, 0.3) is 5.91 Å². The number of sulfone groups is 1. The number of carbonyl (C=O) groups is 1. The van der Waals surface area contributed by atoms with Crippen LogP contribution in [0.1, 0.15) is 42.1 Å². The largest absolute Gasteiger partial charge is 0.322 e. The highest BCUT2D eigenvalue weighted by Gasteiger charge is 2.10. The van der Waals surface area contributed by atoms with Gasteiger partial charge in [0.15, 0.2) is 9.84 Å². The van der Waals surface area contributed by atoms with Gasteiger partial charge >= 0.3 is 0 Å². The Morgan fingerprint density at radius 3 is 2.09 bits per heavy atom. The molecule has 0 fully saturated rings. The van der Waals surface area contributed by atoms with E-state index in [2.05, 4.69) is 19.2 Å². The molecule has 1 amide bonds. The minimum Gasteiger partial charge on any atom is -0.322 e. The fourth-order valence-corrected chi connectivity index (χ4v) is 2.82. The van der Waals surface area contributed by atoms with Gasteiger partial charge in [0, 0.05) is 17.5 Å². The van der Waals surface area contributed by atoms with Crippen molar-refractivity contribution in [2.45, 2.75) is 31.1 Å². The number of hydrogen-bond donors (Lipinski definition) is 1. The molecule has 0 bridgehead atoms. The van der Waals surface area contributed by atoms with E-state index in [0.717, 1.165) is 12.7 Å². The SMILES string of the molecule is CC[C@@H](C)c1ccc(NC(=O)c2ccc(S(C)(=O)=O)cc2)cc1. The van der Waals surface area contributed by atoms with Crippen LogP contribution < -0.4 is 5.32 Å². The van der Waals surface area contributed by atoms with Crippen molar-refractivity contribution in [3.05, 3.63) is 59.7 Å². The summed E-state index contributed by atoms with van der Waals surface area (Å²) in [5.41, 5.74) is 2.38. The second kappa shape index (κ2) is 6.96. The minimum atomic E-state index is -3.25. The fourth-order valence-electron chi connectivity index (χ4n) is 2.19. The molecule has 23 heavy (non-hydrogen) atoms. The van der Waals surface area contributed by atoms with Crippen molar-refractivity contribution in [3.63, 3.8) is 0 Å². The summed E-state index contributed by atoms with van der Waals surface area (Å²) in [5, 5.41) is 2.81. The van der Waals surface area contributed by atoms with Crippen molar-refractivity contribution in [2.24, 2.45) is 0 Å². The molecule has 2 rings (SSSR count). The standard InChI is InChI=1S/C18H21NO3S/c1-4-13(2)14-5-9-16(10-6-14)19-18(20)15-7-11-17(12-8-15)23(3,21)22/h5-13H,4H2,1-3H3,(H,19,20)/t13-/m1/s1. The lowest BCUT2D eigenvalue weighted by Crippen LogP contribution is -2.12. The predicted octanol–water partition coefficient (Wildman–Crippen LogP) is 3.86. The molecular weight excluding hydrogens is 310 g/mol. The summed E-state index contributed by atoms with van der Waals surface area (Å²) in [6.07, 6.45) is 2.21. The number of nitrogens with one attached hydrogen (secondary N) is 1. The first kappa shape index (κ1) is 17.2. The first-order valence-electron chi connectivity index (χ1n) is 7.52. The van der Waals surface area contributed by atoms with Crippen LogP contribution >= 0.6 is 0 Å². The van der Waals surface area contributed by atoms with Gasteiger partial charge in [0.2, 0.25) is 0 Å². The Bertz CT molecular complexity index is 778. The van der Waals surface area contributed by atoms with Gasteiger partial charge in [-0.2, -0.15) is 0 Å². The maximum Gasteiger partial charge on any atom is 0.255 e. The molecule has 0 aliphatic rings. The Kier molecular flexibility index (Phi) is 5.21. The Balaban J connectivity index is 2.10. The van der Waals surface area contributed by atoms with E-state index in [1.54, 1.807) is 0 Å². The van der Waals surface area contributed by atoms with Gasteiger partial charge in [-0.3, -0.25) is 4.79 Å². The second-order valence-corrected chi connectivity index (χ2v) is 7.70. The predicted molar refractivity (Wildman–Crippen MR) is 92.7 cm³/mol. The molecule has 0 radical (unpaired) electrons. The van der Waals surface area contributed by atoms with E-state index in [1.807, 2.05) is 24.3 Å². The molecule has 5 heteroatoms. The van der Waals surface area contributed by atoms with Crippen molar-refractivity contribution < 1.29 is 13.2 Å². The number of hydrogen-bond acceptors (Lipinski definition) is 3. The van der Waals surface area contributed by atoms with Crippen LogP contribution in [0.25, 0.3) is 0 Å². The van der Waals surface area contributed by atoms with Gasteiger partial charge in [-0.25, -0.2) is 8.42 Å². The Morgan fingerprint density at radius 1 is 1.04 bits per heavy atom. The highest BCUT2D eigenvalue weighted by molar-refractivity contribution is 7.90. The third-order valence-corrected chi connectivity index (χ3v) is 5.02. The van der Waals surface area contributed by atoms with Gasteiger partial charge in [-0.1, -0.05) is 26.0 Å². The first-order valence-corrected chi connectivity index (χ1v) is 9.42. The molecule has 4 nitrogen and oxygen atoms in total. The van der Waals surface area contributed by atoms with Gasteiger partial charge < -0.3 is 5.32 Å². The van der Waals surface area contributed by atoms with Gasteiger partial charge in [-0.05, 0) is 54.3 Å². The van der Waals surface area contributed by atoms with Crippen LogP contribution in [0.3, 0.4) is 0 Å². The lowest BCUT2D eigenvalue weighted by molar-refractivity contribution is 0.102. The van der Waals surface area contributed by atoms with Crippen LogP contribution in [0.2, 0.25) is 0 Å². The summed E-state index contributed by atoms with van der Waals surface area (Å²) in [7, 11) is -3.25. The summed E-state index contributed by atoms with van der Waals surface area (Å²) in [4.78, 5) is 12.4. The van der Waals surface area contributed by atoms with Crippen molar-refractivity contribution in [3.8, 4) is 0 Å². The highest BCUT2D eigenvalue weighted by Crippen LogP contribution is 2.21. The number of benzene rings is 2. The highest BCUT2D eigenvalue weighted by atomic mass is 32.2. The van der Waals surface area contributed by atoms with Crippen molar-refractivity contribution >= 4 is 21.4 Å². The van der Waals surface area contributed by atoms with E-state index < -0.39 is 9.84 Å². The Morgan fingerprint density at radius 2 is 1.61 bits per heavy atom. The number of anilines is 1. The van der Waals surface area contributed by atoms with Crippen LogP contribution in [-0.2, 0) is 9.84 Å². The van der Waals surface area contributed by atoms with E-state index in [-0.39, 0.29) is 10.8 Å². The van der Waals surface area contributed by atoms with Crippen molar-refractivity contribution in [1.29, 1.82) is 0 Å². The zero-order valence-corrected chi connectivity index (χ0v) is 14.4. The normalized spacial score (nSPS) is 12.7. The topological polar surface area (TPSA) is 63.2 Å². The molecule has 1 atom stereocenters. The summed E-state index contributed by atoms with van der Waals surface area (Å²) in [5.74, 6) is 0.227. The lowest BCUT2D eigenvalue weighted by Gasteiger charge is -2.10. The summed E-state index contributed by atoms with van der Waals surface area (Å²) >= 11 is 0. The quantitative estimate of drug-likeness (QED) is 0.905. The van der Waals surface area contributed by atoms with E-state index in [1.165, 1.54) is 29.8 Å². The number of rotatable bonds is 5. The number of carbonyl (C=O) groups excluding carboxylic acids is 1. The molecule has 0 aliphatic heterocycles. The van der Waals surface area contributed by atoms with Crippen molar-refractivity contribution in [1.82, 2.24) is 0 Å². The van der Waals surface area contributed by atoms with Crippen LogP contribution in [0, 0.1) is 0 Å². The van der Waals surface area contributed by atoms with Crippen LogP contribution in [0.4, 0.5) is 5.69 Å². The van der Waals surface area contributed by atoms with Crippen LogP contribution in [-0.4, -0.2) is 20.6 Å². The maximum atomic E-state index is 12.2. The Labute approximate surface area is 137 Å². The minimum absolute atomic E-state index is 0.201. The molecule has 0 spiro atoms. The summed E-state index contributed by atoms with van der Waals surface area (Å²) in [6, 6.07) is 13.7. The zero-order valence-electron chi connectivity index (χ0n) is 13.5. The monoisotopic (exact) mass is 331 g/mol. The summed E-state index contributed by atoms with van der Waals surface area (Å²) in [6.45, 7) is 4.30. The first-order chi connectivity index (χ1) is 10.8. The molecule has 1 N–H and O–H groups in total. The molecule has 0 aliphatic carbocycles. The second-order valence-electron chi connectivity index (χ2n) is 5.68. The fraction of sp³-hybridized carbons (Fsp3) is 0.278. The average Bonchev–Trinajstić information content (AvgIpc) is 2.54. The van der Waals surface area contributed by atoms with E-state index in [0.29, 0.717) is 17.2 Å². The molecule has 0 heterocycles. The molecule has 122 valence electrons. The van der Waals surface area contributed by atoms with E-state index >= 15 is 0 Å². The number of amides is 1. The molecular formula is C18H21NO3S. The van der Waals surface area contributed by atoms with Gasteiger partial charge in [-0.15, -0.1) is 0 Å². The summed E-state index contributed by atoms with van der Waals surface area (Å²) < 4.78 is 22.8. The average molecular weight is 331 g/mol. The molecule has 0 unspecified atom stereocenters. The molecule has 2 aromatic carbocycles. The zero-order chi connectivity index (χ0) is 17.0. The molecule has 0 saturated carbocycles. The third kappa shape index (κ3) is 4.42. The lowest BCUT2D eigenvalue weighted by atomic mass is 9.98. The molecule has 2 aromatic rings. The van der Waals surface area contributed by atoms with Crippen molar-refractivity contribution in [2.75, 3.05) is 11.6 Å². The molecule has 0 aromatic heterocycles.